The lowest BCUT2D eigenvalue weighted by Crippen LogP contribution is -2.07. The number of ether oxygens (including phenoxy) is 1. The molecule has 0 aliphatic rings. The highest BCUT2D eigenvalue weighted by molar-refractivity contribution is 14.1. The minimum absolute atomic E-state index is 0.268. The van der Waals surface area contributed by atoms with E-state index in [2.05, 4.69) is 44.4 Å². The fourth-order valence-electron chi connectivity index (χ4n) is 2.20. The van der Waals surface area contributed by atoms with Crippen molar-refractivity contribution in [2.45, 2.75) is 13.2 Å². The first-order valence-electron chi connectivity index (χ1n) is 6.72. The summed E-state index contributed by atoms with van der Waals surface area (Å²) in [6, 6.07) is 5.63. The van der Waals surface area contributed by atoms with E-state index in [9.17, 15) is 0 Å². The second-order valence-electron chi connectivity index (χ2n) is 4.70. The summed E-state index contributed by atoms with van der Waals surface area (Å²) in [6.07, 6.45) is 3.48. The number of pyridine rings is 1. The van der Waals surface area contributed by atoms with Crippen molar-refractivity contribution in [1.29, 1.82) is 0 Å². The second-order valence-corrected chi connectivity index (χ2v) is 6.66. The Bertz CT molecular complexity index is 937. The maximum atomic E-state index is 6.27. The molecule has 2 aromatic heterocycles. The Balaban J connectivity index is 1.97. The molecule has 0 saturated heterocycles. The lowest BCUT2D eigenvalue weighted by molar-refractivity contribution is 0.291. The lowest BCUT2D eigenvalue weighted by Gasteiger charge is -2.12. The number of aromatic amines is 1. The molecule has 3 rings (SSSR count). The lowest BCUT2D eigenvalue weighted by atomic mass is 10.2. The number of H-pyrrole nitrogens is 1. The standard InChI is InChI=1S/C15H12ClIN4OS/c1-2-6-21-12(19-20-15(21)23)8-22-14-11(17)7-10(16)9-4-3-5-18-13(9)14/h2-5,7H,1,6,8H2,(H,20,23). The Hall–Kier alpha value is -1.45. The number of hydrogen-bond donors (Lipinski definition) is 1. The normalized spacial score (nSPS) is 10.9. The number of allylic oxidation sites excluding steroid dienone is 1. The SMILES string of the molecule is C=CCn1c(COc2c(I)cc(Cl)c3cccnc23)n[nH]c1=S. The molecule has 0 atom stereocenters. The molecule has 0 fully saturated rings. The summed E-state index contributed by atoms with van der Waals surface area (Å²) >= 11 is 13.7. The molecule has 118 valence electrons. The van der Waals surface area contributed by atoms with Crippen LogP contribution < -0.4 is 4.74 Å². The van der Waals surface area contributed by atoms with Gasteiger partial charge in [-0.1, -0.05) is 17.7 Å². The third-order valence-electron chi connectivity index (χ3n) is 3.25. The van der Waals surface area contributed by atoms with Crippen LogP contribution in [0.25, 0.3) is 10.9 Å². The number of benzene rings is 1. The number of nitrogens with one attached hydrogen (secondary N) is 1. The van der Waals surface area contributed by atoms with E-state index in [-0.39, 0.29) is 6.61 Å². The number of fused-ring (bicyclic) bond motifs is 1. The highest BCUT2D eigenvalue weighted by atomic mass is 127. The van der Waals surface area contributed by atoms with Crippen molar-refractivity contribution in [3.8, 4) is 5.75 Å². The van der Waals surface area contributed by atoms with E-state index in [1.165, 1.54) is 0 Å². The first-order chi connectivity index (χ1) is 11.1. The Morgan fingerprint density at radius 1 is 1.52 bits per heavy atom. The zero-order valence-corrected chi connectivity index (χ0v) is 15.7. The Labute approximate surface area is 156 Å². The third kappa shape index (κ3) is 3.26. The van der Waals surface area contributed by atoms with Crippen molar-refractivity contribution in [2.75, 3.05) is 0 Å². The molecule has 1 N–H and O–H groups in total. The van der Waals surface area contributed by atoms with Gasteiger partial charge in [-0.25, -0.2) is 0 Å². The molecule has 0 amide bonds. The first-order valence-corrected chi connectivity index (χ1v) is 8.59. The molecule has 3 aromatic rings. The van der Waals surface area contributed by atoms with Crippen LogP contribution in [0.3, 0.4) is 0 Å². The van der Waals surface area contributed by atoms with E-state index in [1.54, 1.807) is 12.3 Å². The fourth-order valence-corrected chi connectivity index (χ4v) is 3.59. The van der Waals surface area contributed by atoms with Gasteiger partial charge in [-0.2, -0.15) is 5.10 Å². The number of nitrogens with zero attached hydrogens (tertiary/aromatic N) is 3. The van der Waals surface area contributed by atoms with E-state index < -0.39 is 0 Å². The maximum absolute atomic E-state index is 6.27. The molecule has 0 saturated carbocycles. The number of halogens is 2. The van der Waals surface area contributed by atoms with Gasteiger partial charge in [0.15, 0.2) is 16.3 Å². The van der Waals surface area contributed by atoms with Crippen LogP contribution in [0, 0.1) is 8.34 Å². The summed E-state index contributed by atoms with van der Waals surface area (Å²) in [6.45, 7) is 4.57. The predicted octanol–water partition coefficient (Wildman–Crippen LogP) is 4.51. The number of hydrogen-bond acceptors (Lipinski definition) is 4. The summed E-state index contributed by atoms with van der Waals surface area (Å²) < 4.78 is 9.24. The Morgan fingerprint density at radius 3 is 3.13 bits per heavy atom. The molecule has 0 bridgehead atoms. The van der Waals surface area contributed by atoms with Gasteiger partial charge >= 0.3 is 0 Å². The second kappa shape index (κ2) is 6.98. The van der Waals surface area contributed by atoms with Crippen molar-refractivity contribution in [3.63, 3.8) is 0 Å². The van der Waals surface area contributed by atoms with Crippen LogP contribution in [-0.2, 0) is 13.2 Å². The van der Waals surface area contributed by atoms with E-state index in [0.717, 1.165) is 14.5 Å². The van der Waals surface area contributed by atoms with Crippen LogP contribution in [0.2, 0.25) is 5.02 Å². The van der Waals surface area contributed by atoms with Crippen LogP contribution in [0.5, 0.6) is 5.75 Å². The average molecular weight is 459 g/mol. The molecule has 1 aromatic carbocycles. The largest absolute Gasteiger partial charge is 0.482 e. The van der Waals surface area contributed by atoms with Gasteiger partial charge < -0.3 is 4.74 Å². The number of aromatic nitrogens is 4. The zero-order chi connectivity index (χ0) is 16.4. The molecule has 0 unspecified atom stereocenters. The van der Waals surface area contributed by atoms with E-state index in [1.807, 2.05) is 22.8 Å². The van der Waals surface area contributed by atoms with E-state index in [4.69, 9.17) is 28.6 Å². The quantitative estimate of drug-likeness (QED) is 0.347. The van der Waals surface area contributed by atoms with Crippen molar-refractivity contribution in [1.82, 2.24) is 19.7 Å². The third-order valence-corrected chi connectivity index (χ3v) is 4.67. The van der Waals surface area contributed by atoms with Crippen molar-refractivity contribution in [3.05, 3.63) is 56.2 Å². The van der Waals surface area contributed by atoms with Gasteiger partial charge in [0.25, 0.3) is 0 Å². The summed E-state index contributed by atoms with van der Waals surface area (Å²) in [7, 11) is 0. The van der Waals surface area contributed by atoms with E-state index >= 15 is 0 Å². The number of rotatable bonds is 5. The molecule has 8 heteroatoms. The molecule has 0 aliphatic heterocycles. The first kappa shape index (κ1) is 16.4. The molecular formula is C15H12ClIN4OS. The van der Waals surface area contributed by atoms with Crippen LogP contribution in [-0.4, -0.2) is 19.7 Å². The maximum Gasteiger partial charge on any atom is 0.195 e. The minimum Gasteiger partial charge on any atom is -0.482 e. The van der Waals surface area contributed by atoms with Gasteiger partial charge in [-0.05, 0) is 53.0 Å². The Morgan fingerprint density at radius 2 is 2.35 bits per heavy atom. The molecule has 0 spiro atoms. The van der Waals surface area contributed by atoms with Gasteiger partial charge in [0.05, 0.1) is 8.59 Å². The topological polar surface area (TPSA) is 55.7 Å². The van der Waals surface area contributed by atoms with Gasteiger partial charge in [0.1, 0.15) is 12.1 Å². The van der Waals surface area contributed by atoms with Gasteiger partial charge in [0.2, 0.25) is 0 Å². The summed E-state index contributed by atoms with van der Waals surface area (Å²) in [4.78, 5) is 4.39. The molecule has 23 heavy (non-hydrogen) atoms. The van der Waals surface area contributed by atoms with Crippen LogP contribution in [0.1, 0.15) is 5.82 Å². The van der Waals surface area contributed by atoms with Crippen LogP contribution >= 0.6 is 46.4 Å². The monoisotopic (exact) mass is 458 g/mol. The smallest absolute Gasteiger partial charge is 0.195 e. The fraction of sp³-hybridized carbons (Fsp3) is 0.133. The predicted molar refractivity (Wildman–Crippen MR) is 101 cm³/mol. The van der Waals surface area contributed by atoms with Crippen LogP contribution in [0.4, 0.5) is 0 Å². The molecular weight excluding hydrogens is 447 g/mol. The van der Waals surface area contributed by atoms with Crippen molar-refractivity contribution in [2.24, 2.45) is 0 Å². The summed E-state index contributed by atoms with van der Waals surface area (Å²) in [5.74, 6) is 1.38. The summed E-state index contributed by atoms with van der Waals surface area (Å²) in [5, 5.41) is 8.48. The van der Waals surface area contributed by atoms with Crippen molar-refractivity contribution < 1.29 is 4.74 Å². The average Bonchev–Trinajstić information content (AvgIpc) is 2.88. The molecule has 5 nitrogen and oxygen atoms in total. The highest BCUT2D eigenvalue weighted by Gasteiger charge is 2.14. The molecule has 2 heterocycles. The zero-order valence-electron chi connectivity index (χ0n) is 11.9. The van der Waals surface area contributed by atoms with Gasteiger partial charge in [-0.15, -0.1) is 6.58 Å². The molecule has 0 aliphatic carbocycles. The Kier molecular flexibility index (Phi) is 4.98. The highest BCUT2D eigenvalue weighted by Crippen LogP contribution is 2.34. The summed E-state index contributed by atoms with van der Waals surface area (Å²) in [5.41, 5.74) is 0.730. The van der Waals surface area contributed by atoms with Crippen LogP contribution in [0.15, 0.2) is 37.1 Å². The van der Waals surface area contributed by atoms with E-state index in [0.29, 0.717) is 27.9 Å². The van der Waals surface area contributed by atoms with Gasteiger partial charge in [-0.3, -0.25) is 14.6 Å². The minimum atomic E-state index is 0.268. The van der Waals surface area contributed by atoms with Crippen molar-refractivity contribution >= 4 is 57.3 Å². The molecule has 0 radical (unpaired) electrons. The van der Waals surface area contributed by atoms with Gasteiger partial charge in [0, 0.05) is 18.1 Å².